The lowest BCUT2D eigenvalue weighted by molar-refractivity contribution is 0.435. The molecule has 0 unspecified atom stereocenters. The summed E-state index contributed by atoms with van der Waals surface area (Å²) in [6.07, 6.45) is 26.3. The van der Waals surface area contributed by atoms with Crippen LogP contribution in [0.2, 0.25) is 0 Å². The van der Waals surface area contributed by atoms with Crippen LogP contribution in [0.15, 0.2) is 115 Å². The maximum atomic E-state index is 2.82. The number of fused-ring (bicyclic) bond motifs is 2. The zero-order valence-electron chi connectivity index (χ0n) is 55.3. The number of nitrogens with zero attached hydrogens (tertiary/aromatic N) is 2. The van der Waals surface area contributed by atoms with Gasteiger partial charge in [-0.25, -0.2) is 0 Å². The minimum atomic E-state index is -0.0890. The molecule has 0 saturated heterocycles. The second kappa shape index (κ2) is 23.7. The molecule has 7 aromatic rings. The molecule has 0 heterocycles. The molecule has 2 nitrogen and oxygen atoms in total. The van der Waals surface area contributed by atoms with E-state index in [0.29, 0.717) is 23.7 Å². The molecule has 446 valence electrons. The maximum absolute atomic E-state index is 2.82. The Morgan fingerprint density at radius 2 is 0.512 bits per heavy atom. The molecule has 0 spiro atoms. The Morgan fingerprint density at radius 3 is 0.798 bits per heavy atom. The molecule has 4 aliphatic rings. The van der Waals surface area contributed by atoms with Crippen LogP contribution < -0.4 is 9.80 Å². The highest BCUT2D eigenvalue weighted by Crippen LogP contribution is 2.55. The van der Waals surface area contributed by atoms with Crippen LogP contribution in [0.25, 0.3) is 21.5 Å². The molecule has 4 aliphatic carbocycles. The minimum Gasteiger partial charge on any atom is -0.309 e. The topological polar surface area (TPSA) is 6.48 Å². The van der Waals surface area contributed by atoms with Gasteiger partial charge in [0.2, 0.25) is 0 Å². The van der Waals surface area contributed by atoms with Crippen molar-refractivity contribution in [3.63, 3.8) is 0 Å². The van der Waals surface area contributed by atoms with E-state index < -0.39 is 0 Å². The van der Waals surface area contributed by atoms with Gasteiger partial charge in [0.05, 0.1) is 11.4 Å². The first-order valence-electron chi connectivity index (χ1n) is 34.0. The van der Waals surface area contributed by atoms with Crippen molar-refractivity contribution < 1.29 is 0 Å². The summed E-state index contributed by atoms with van der Waals surface area (Å²) in [5, 5.41) is 5.23. The van der Waals surface area contributed by atoms with Crippen molar-refractivity contribution in [2.45, 2.75) is 283 Å². The molecule has 0 N–H and O–H groups in total. The lowest BCUT2D eigenvalue weighted by atomic mass is 9.79. The minimum absolute atomic E-state index is 0.0644. The van der Waals surface area contributed by atoms with Gasteiger partial charge >= 0.3 is 0 Å². The number of rotatable bonds is 10. The zero-order chi connectivity index (χ0) is 59.5. The lowest BCUT2D eigenvalue weighted by Crippen LogP contribution is -2.21. The van der Waals surface area contributed by atoms with Crippen molar-refractivity contribution in [3.8, 4) is 0 Å². The van der Waals surface area contributed by atoms with E-state index in [1.807, 2.05) is 0 Å². The first-order valence-corrected chi connectivity index (χ1v) is 34.0. The normalized spacial score (nSPS) is 18.0. The van der Waals surface area contributed by atoms with E-state index in [1.54, 1.807) is 22.3 Å². The molecule has 11 rings (SSSR count). The number of anilines is 6. The molecule has 0 amide bonds. The number of benzene rings is 7. The SMILES string of the molecule is CC(C)(C)c1cc(N(c2cc(C3CCCCC3)cc(C3CCCCC3)c2)c2c3ccccc3c(N(c3cc(C4CCCCC4)cc(C4CCCCC4)c3)c3cc(C(C)(C)C)cc(C(C)(C)C)c3)c3cc(C(C)(C)C)ccc23)cc(C(C)(C)C)c1. The smallest absolute Gasteiger partial charge is 0.0620 e. The standard InChI is InChI=1S/C82H108N2/c1-78(2,3)63-40-41-74-75(54-63)77(84(71-52-66(81(10,11)12)49-67(53-71)82(13,14)15)69-46-61(57-34-24-18-25-35-57)43-62(47-69)58-36-26-19-27-37-58)73-39-29-28-38-72(73)76(74)83(70-50-64(79(4,5)6)48-65(51-70)80(7,8)9)68-44-59(55-30-20-16-21-31-55)42-60(45-68)56-32-22-17-23-33-56/h28-29,38-58H,16-27,30-37H2,1-15H3. The molecule has 0 atom stereocenters. The third kappa shape index (κ3) is 12.9. The van der Waals surface area contributed by atoms with Gasteiger partial charge < -0.3 is 9.80 Å². The average Bonchev–Trinajstić information content (AvgIpc) is 0.973. The van der Waals surface area contributed by atoms with Gasteiger partial charge in [-0.05, 0) is 207 Å². The maximum Gasteiger partial charge on any atom is 0.0620 e. The molecular weight excluding hydrogens is 1010 g/mol. The molecule has 4 fully saturated rings. The van der Waals surface area contributed by atoms with E-state index in [-0.39, 0.29) is 27.1 Å². The summed E-state index contributed by atoms with van der Waals surface area (Å²) >= 11 is 0. The summed E-state index contributed by atoms with van der Waals surface area (Å²) in [5.41, 5.74) is 20.6. The Kier molecular flexibility index (Phi) is 17.1. The van der Waals surface area contributed by atoms with Gasteiger partial charge in [0.25, 0.3) is 0 Å². The van der Waals surface area contributed by atoms with Gasteiger partial charge in [-0.3, -0.25) is 0 Å². The van der Waals surface area contributed by atoms with Crippen LogP contribution in [0.1, 0.15) is 306 Å². The first-order chi connectivity index (χ1) is 39.8. The Balaban J connectivity index is 1.31. The second-order valence-electron chi connectivity index (χ2n) is 32.5. The average molecular weight is 1120 g/mol. The highest BCUT2D eigenvalue weighted by Gasteiger charge is 2.34. The quantitative estimate of drug-likeness (QED) is 0.0995. The predicted octanol–water partition coefficient (Wildman–Crippen LogP) is 25.6. The van der Waals surface area contributed by atoms with Crippen LogP contribution in [0.5, 0.6) is 0 Å². The van der Waals surface area contributed by atoms with Crippen LogP contribution in [0.3, 0.4) is 0 Å². The third-order valence-electron chi connectivity index (χ3n) is 20.8. The van der Waals surface area contributed by atoms with E-state index >= 15 is 0 Å². The van der Waals surface area contributed by atoms with Crippen LogP contribution in [0.4, 0.5) is 34.1 Å². The molecule has 0 aliphatic heterocycles. The van der Waals surface area contributed by atoms with E-state index in [2.05, 4.69) is 229 Å². The summed E-state index contributed by atoms with van der Waals surface area (Å²) in [6.45, 7) is 36.2. The van der Waals surface area contributed by atoms with Crippen LogP contribution in [-0.4, -0.2) is 0 Å². The van der Waals surface area contributed by atoms with Gasteiger partial charge in [0.1, 0.15) is 0 Å². The summed E-state index contributed by atoms with van der Waals surface area (Å²) in [6, 6.07) is 49.0. The van der Waals surface area contributed by atoms with Gasteiger partial charge in [0.15, 0.2) is 0 Å². The van der Waals surface area contributed by atoms with E-state index in [9.17, 15) is 0 Å². The summed E-state index contributed by atoms with van der Waals surface area (Å²) in [5.74, 6) is 2.32. The predicted molar refractivity (Wildman–Crippen MR) is 368 cm³/mol. The van der Waals surface area contributed by atoms with E-state index in [1.165, 1.54) is 212 Å². The molecule has 4 saturated carbocycles. The lowest BCUT2D eigenvalue weighted by Gasteiger charge is -2.37. The van der Waals surface area contributed by atoms with Crippen LogP contribution in [0, 0.1) is 0 Å². The summed E-state index contributed by atoms with van der Waals surface area (Å²) in [7, 11) is 0. The van der Waals surface area contributed by atoms with Gasteiger partial charge in [-0.2, -0.15) is 0 Å². The van der Waals surface area contributed by atoms with Crippen molar-refractivity contribution in [2.75, 3.05) is 9.80 Å². The summed E-state index contributed by atoms with van der Waals surface area (Å²) < 4.78 is 0. The molecular formula is C82H108N2. The Bertz CT molecular complexity index is 3320. The van der Waals surface area contributed by atoms with E-state index in [4.69, 9.17) is 0 Å². The molecule has 7 aromatic carbocycles. The number of hydrogen-bond acceptors (Lipinski definition) is 2. The third-order valence-corrected chi connectivity index (χ3v) is 20.8. The Morgan fingerprint density at radius 1 is 0.250 bits per heavy atom. The van der Waals surface area contributed by atoms with Gasteiger partial charge in [0, 0.05) is 44.3 Å². The van der Waals surface area contributed by atoms with E-state index in [0.717, 1.165) is 0 Å². The summed E-state index contributed by atoms with van der Waals surface area (Å²) in [4.78, 5) is 5.62. The Labute approximate surface area is 511 Å². The van der Waals surface area contributed by atoms with Crippen molar-refractivity contribution >= 4 is 55.7 Å². The second-order valence-corrected chi connectivity index (χ2v) is 32.5. The van der Waals surface area contributed by atoms with Gasteiger partial charge in [-0.1, -0.05) is 242 Å². The largest absolute Gasteiger partial charge is 0.309 e. The highest BCUT2D eigenvalue weighted by molar-refractivity contribution is 6.23. The molecule has 0 aromatic heterocycles. The fraction of sp³-hybridized carbons (Fsp3) is 0.537. The van der Waals surface area contributed by atoms with Crippen molar-refractivity contribution in [2.24, 2.45) is 0 Å². The van der Waals surface area contributed by atoms with Gasteiger partial charge in [-0.15, -0.1) is 0 Å². The number of hydrogen-bond donors (Lipinski definition) is 0. The fourth-order valence-electron chi connectivity index (χ4n) is 15.4. The Hall–Kier alpha value is -5.34. The zero-order valence-corrected chi connectivity index (χ0v) is 55.3. The fourth-order valence-corrected chi connectivity index (χ4v) is 15.4. The monoisotopic (exact) mass is 1120 g/mol. The van der Waals surface area contributed by atoms with Crippen molar-refractivity contribution in [1.29, 1.82) is 0 Å². The molecule has 84 heavy (non-hydrogen) atoms. The van der Waals surface area contributed by atoms with Crippen LogP contribution in [-0.2, 0) is 27.1 Å². The van der Waals surface area contributed by atoms with Crippen molar-refractivity contribution in [3.05, 3.63) is 165 Å². The molecule has 2 heteroatoms. The molecule has 0 radical (unpaired) electrons. The highest BCUT2D eigenvalue weighted by atomic mass is 15.2. The molecule has 0 bridgehead atoms. The first kappa shape index (κ1) is 60.4. The van der Waals surface area contributed by atoms with Crippen molar-refractivity contribution in [1.82, 2.24) is 0 Å². The van der Waals surface area contributed by atoms with Crippen LogP contribution >= 0.6 is 0 Å².